The van der Waals surface area contributed by atoms with Gasteiger partial charge in [-0.25, -0.2) is 4.98 Å². The molecule has 0 atom stereocenters. The molecule has 2 aromatic rings. The largest absolute Gasteiger partial charge is 0.308 e. The van der Waals surface area contributed by atoms with E-state index in [1.165, 1.54) is 0 Å². The standard InChI is InChI=1S/C16H24N4S/c1-13(2)18-10-16-19-15(12-21-16)11-20(3)9-7-14-6-4-5-8-17-14/h4-6,8,12-13,18H,7,9-11H2,1-3H3. The quantitative estimate of drug-likeness (QED) is 0.814. The molecule has 0 aliphatic carbocycles. The summed E-state index contributed by atoms with van der Waals surface area (Å²) < 4.78 is 0. The van der Waals surface area contributed by atoms with Crippen LogP contribution in [-0.4, -0.2) is 34.5 Å². The minimum atomic E-state index is 0.499. The fourth-order valence-corrected chi connectivity index (χ4v) is 2.74. The first kappa shape index (κ1) is 16.1. The zero-order valence-electron chi connectivity index (χ0n) is 13.0. The Morgan fingerprint density at radius 3 is 2.86 bits per heavy atom. The number of aromatic nitrogens is 2. The van der Waals surface area contributed by atoms with Gasteiger partial charge >= 0.3 is 0 Å². The van der Waals surface area contributed by atoms with Crippen molar-refractivity contribution in [1.29, 1.82) is 0 Å². The topological polar surface area (TPSA) is 41.1 Å². The molecule has 0 radical (unpaired) electrons. The molecule has 2 rings (SSSR count). The van der Waals surface area contributed by atoms with Gasteiger partial charge < -0.3 is 10.2 Å². The van der Waals surface area contributed by atoms with Gasteiger partial charge in [0, 0.05) is 49.4 Å². The summed E-state index contributed by atoms with van der Waals surface area (Å²) in [4.78, 5) is 11.3. The van der Waals surface area contributed by atoms with Gasteiger partial charge in [0.2, 0.25) is 0 Å². The van der Waals surface area contributed by atoms with Crippen molar-refractivity contribution in [1.82, 2.24) is 20.2 Å². The molecular formula is C16H24N4S. The van der Waals surface area contributed by atoms with Gasteiger partial charge in [-0.2, -0.15) is 0 Å². The monoisotopic (exact) mass is 304 g/mol. The van der Waals surface area contributed by atoms with Crippen LogP contribution in [0.15, 0.2) is 29.8 Å². The van der Waals surface area contributed by atoms with Crippen LogP contribution in [0, 0.1) is 0 Å². The smallest absolute Gasteiger partial charge is 0.107 e. The molecule has 0 bridgehead atoms. The molecule has 1 N–H and O–H groups in total. The Bertz CT molecular complexity index is 524. The van der Waals surface area contributed by atoms with E-state index >= 15 is 0 Å². The maximum Gasteiger partial charge on any atom is 0.107 e. The van der Waals surface area contributed by atoms with Gasteiger partial charge in [-0.15, -0.1) is 11.3 Å². The lowest BCUT2D eigenvalue weighted by Crippen LogP contribution is -2.22. The molecule has 21 heavy (non-hydrogen) atoms. The molecule has 0 fully saturated rings. The van der Waals surface area contributed by atoms with Crippen LogP contribution in [0.25, 0.3) is 0 Å². The first-order valence-corrected chi connectivity index (χ1v) is 8.26. The minimum Gasteiger partial charge on any atom is -0.308 e. The SMILES string of the molecule is CC(C)NCc1nc(CN(C)CCc2ccccn2)cs1. The highest BCUT2D eigenvalue weighted by atomic mass is 32.1. The van der Waals surface area contributed by atoms with E-state index < -0.39 is 0 Å². The second-order valence-corrected chi connectivity index (χ2v) is 6.52. The number of nitrogens with one attached hydrogen (secondary N) is 1. The summed E-state index contributed by atoms with van der Waals surface area (Å²) in [6, 6.07) is 6.57. The van der Waals surface area contributed by atoms with Crippen LogP contribution in [0.4, 0.5) is 0 Å². The Kier molecular flexibility index (Phi) is 6.29. The highest BCUT2D eigenvalue weighted by Gasteiger charge is 2.06. The van der Waals surface area contributed by atoms with Crippen molar-refractivity contribution in [3.05, 3.63) is 46.2 Å². The van der Waals surface area contributed by atoms with Crippen molar-refractivity contribution in [2.75, 3.05) is 13.6 Å². The van der Waals surface area contributed by atoms with Crippen LogP contribution >= 0.6 is 11.3 Å². The molecule has 0 aromatic carbocycles. The molecule has 4 nitrogen and oxygen atoms in total. The number of hydrogen-bond donors (Lipinski definition) is 1. The van der Waals surface area contributed by atoms with Crippen molar-refractivity contribution in [2.45, 2.75) is 39.4 Å². The number of likely N-dealkylation sites (N-methyl/N-ethyl adjacent to an activating group) is 1. The number of hydrogen-bond acceptors (Lipinski definition) is 5. The van der Waals surface area contributed by atoms with Gasteiger partial charge in [0.15, 0.2) is 0 Å². The zero-order chi connectivity index (χ0) is 15.1. The summed E-state index contributed by atoms with van der Waals surface area (Å²) in [7, 11) is 2.13. The van der Waals surface area contributed by atoms with Crippen molar-refractivity contribution < 1.29 is 0 Å². The van der Waals surface area contributed by atoms with Gasteiger partial charge in [0.25, 0.3) is 0 Å². The molecular weight excluding hydrogens is 280 g/mol. The number of thiazole rings is 1. The number of nitrogens with zero attached hydrogens (tertiary/aromatic N) is 3. The van der Waals surface area contributed by atoms with Crippen molar-refractivity contribution >= 4 is 11.3 Å². The Hall–Kier alpha value is -1.30. The normalized spacial score (nSPS) is 11.5. The van der Waals surface area contributed by atoms with Crippen LogP contribution < -0.4 is 5.32 Å². The molecule has 2 heterocycles. The molecule has 0 aliphatic heterocycles. The fraction of sp³-hybridized carbons (Fsp3) is 0.500. The average molecular weight is 304 g/mol. The first-order chi connectivity index (χ1) is 10.1. The van der Waals surface area contributed by atoms with Crippen molar-refractivity contribution in [3.8, 4) is 0 Å². The van der Waals surface area contributed by atoms with Gasteiger partial charge in [0.05, 0.1) is 5.69 Å². The second kappa shape index (κ2) is 8.22. The van der Waals surface area contributed by atoms with E-state index in [0.29, 0.717) is 6.04 Å². The third-order valence-corrected chi connectivity index (χ3v) is 4.07. The fourth-order valence-electron chi connectivity index (χ4n) is 2.00. The molecule has 0 spiro atoms. The predicted molar refractivity (Wildman–Crippen MR) is 88.4 cm³/mol. The van der Waals surface area contributed by atoms with Gasteiger partial charge in [-0.1, -0.05) is 19.9 Å². The van der Waals surface area contributed by atoms with E-state index in [1.54, 1.807) is 11.3 Å². The maximum absolute atomic E-state index is 4.68. The third-order valence-electron chi connectivity index (χ3n) is 3.17. The molecule has 5 heteroatoms. The predicted octanol–water partition coefficient (Wildman–Crippen LogP) is 2.71. The van der Waals surface area contributed by atoms with Crippen LogP contribution in [0.5, 0.6) is 0 Å². The number of rotatable bonds is 8. The zero-order valence-corrected chi connectivity index (χ0v) is 13.9. The lowest BCUT2D eigenvalue weighted by molar-refractivity contribution is 0.326. The van der Waals surface area contributed by atoms with E-state index in [0.717, 1.165) is 42.5 Å². The van der Waals surface area contributed by atoms with E-state index in [2.05, 4.69) is 52.5 Å². The van der Waals surface area contributed by atoms with Crippen LogP contribution in [0.1, 0.15) is 30.2 Å². The van der Waals surface area contributed by atoms with E-state index in [1.807, 2.05) is 18.3 Å². The highest BCUT2D eigenvalue weighted by molar-refractivity contribution is 7.09. The second-order valence-electron chi connectivity index (χ2n) is 5.58. The molecule has 0 aliphatic rings. The van der Waals surface area contributed by atoms with Crippen LogP contribution in [0.3, 0.4) is 0 Å². The van der Waals surface area contributed by atoms with Crippen LogP contribution in [-0.2, 0) is 19.5 Å². The summed E-state index contributed by atoms with van der Waals surface area (Å²) in [6.45, 7) is 7.05. The Labute approximate surface area is 131 Å². The van der Waals surface area contributed by atoms with E-state index in [9.17, 15) is 0 Å². The van der Waals surface area contributed by atoms with Gasteiger partial charge in [-0.05, 0) is 19.2 Å². The van der Waals surface area contributed by atoms with Gasteiger partial charge in [0.1, 0.15) is 5.01 Å². The van der Waals surface area contributed by atoms with E-state index in [4.69, 9.17) is 0 Å². The minimum absolute atomic E-state index is 0.499. The Balaban J connectivity index is 1.76. The number of pyridine rings is 1. The maximum atomic E-state index is 4.68. The molecule has 0 amide bonds. The Morgan fingerprint density at radius 2 is 2.14 bits per heavy atom. The van der Waals surface area contributed by atoms with Crippen molar-refractivity contribution in [2.24, 2.45) is 0 Å². The molecule has 0 saturated carbocycles. The molecule has 114 valence electrons. The highest BCUT2D eigenvalue weighted by Crippen LogP contribution is 2.11. The summed E-state index contributed by atoms with van der Waals surface area (Å²) in [5.74, 6) is 0. The third kappa shape index (κ3) is 5.91. The first-order valence-electron chi connectivity index (χ1n) is 7.38. The van der Waals surface area contributed by atoms with Crippen LogP contribution in [0.2, 0.25) is 0 Å². The molecule has 0 unspecified atom stereocenters. The van der Waals surface area contributed by atoms with E-state index in [-0.39, 0.29) is 0 Å². The lowest BCUT2D eigenvalue weighted by Gasteiger charge is -2.14. The van der Waals surface area contributed by atoms with Crippen molar-refractivity contribution in [3.63, 3.8) is 0 Å². The Morgan fingerprint density at radius 1 is 1.29 bits per heavy atom. The lowest BCUT2D eigenvalue weighted by atomic mass is 10.2. The molecule has 0 saturated heterocycles. The summed E-state index contributed by atoms with van der Waals surface area (Å²) >= 11 is 1.74. The summed E-state index contributed by atoms with van der Waals surface area (Å²) in [5, 5.41) is 6.73. The molecule has 2 aromatic heterocycles. The average Bonchev–Trinajstić information content (AvgIpc) is 2.91. The summed E-state index contributed by atoms with van der Waals surface area (Å²) in [6.07, 6.45) is 2.83. The van der Waals surface area contributed by atoms with Gasteiger partial charge in [-0.3, -0.25) is 4.98 Å². The summed E-state index contributed by atoms with van der Waals surface area (Å²) in [5.41, 5.74) is 2.30.